The van der Waals surface area contributed by atoms with Crippen LogP contribution in [0.25, 0.3) is 0 Å². The second-order valence-electron chi connectivity index (χ2n) is 4.45. The standard InChI is InChI=1S/C12H20N4S/c1-17-12-11(14-6-7-15-12)8-16-10-5-3-2-4-9(10)13/h6-7,9-10,16H,2-5,8,13H2,1H3/t9-,10-/m0/s1. The van der Waals surface area contributed by atoms with Gasteiger partial charge in [-0.3, -0.25) is 4.98 Å². The van der Waals surface area contributed by atoms with Crippen molar-refractivity contribution in [2.45, 2.75) is 49.3 Å². The van der Waals surface area contributed by atoms with Crippen molar-refractivity contribution in [2.24, 2.45) is 5.73 Å². The Morgan fingerprint density at radius 2 is 2.12 bits per heavy atom. The molecule has 5 heteroatoms. The third-order valence-electron chi connectivity index (χ3n) is 3.28. The molecule has 0 aromatic carbocycles. The highest BCUT2D eigenvalue weighted by Crippen LogP contribution is 2.18. The maximum Gasteiger partial charge on any atom is 0.119 e. The van der Waals surface area contributed by atoms with Crippen LogP contribution in [0.3, 0.4) is 0 Å². The number of hydrogen-bond acceptors (Lipinski definition) is 5. The van der Waals surface area contributed by atoms with Gasteiger partial charge in [0.15, 0.2) is 0 Å². The minimum absolute atomic E-state index is 0.290. The predicted molar refractivity (Wildman–Crippen MR) is 70.9 cm³/mol. The zero-order valence-electron chi connectivity index (χ0n) is 10.2. The average Bonchev–Trinajstić information content (AvgIpc) is 2.38. The lowest BCUT2D eigenvalue weighted by molar-refractivity contribution is 0.324. The van der Waals surface area contributed by atoms with E-state index in [2.05, 4.69) is 15.3 Å². The monoisotopic (exact) mass is 252 g/mol. The Morgan fingerprint density at radius 1 is 1.35 bits per heavy atom. The molecule has 0 radical (unpaired) electrons. The second-order valence-corrected chi connectivity index (χ2v) is 5.24. The zero-order valence-corrected chi connectivity index (χ0v) is 11.0. The largest absolute Gasteiger partial charge is 0.326 e. The van der Waals surface area contributed by atoms with Gasteiger partial charge in [0.2, 0.25) is 0 Å². The molecule has 1 saturated carbocycles. The second kappa shape index (κ2) is 6.33. The van der Waals surface area contributed by atoms with E-state index in [9.17, 15) is 0 Å². The van der Waals surface area contributed by atoms with Crippen molar-refractivity contribution in [3.8, 4) is 0 Å². The van der Waals surface area contributed by atoms with E-state index < -0.39 is 0 Å². The molecule has 0 spiro atoms. The Hall–Kier alpha value is -0.650. The molecule has 94 valence electrons. The van der Waals surface area contributed by atoms with Crippen LogP contribution in [0, 0.1) is 0 Å². The summed E-state index contributed by atoms with van der Waals surface area (Å²) in [7, 11) is 0. The minimum atomic E-state index is 0.290. The van der Waals surface area contributed by atoms with Gasteiger partial charge in [0.25, 0.3) is 0 Å². The number of nitrogens with two attached hydrogens (primary N) is 1. The van der Waals surface area contributed by atoms with Crippen molar-refractivity contribution < 1.29 is 0 Å². The summed E-state index contributed by atoms with van der Waals surface area (Å²) >= 11 is 1.64. The summed E-state index contributed by atoms with van der Waals surface area (Å²) in [6.07, 6.45) is 10.4. The molecule has 0 saturated heterocycles. The Balaban J connectivity index is 1.92. The van der Waals surface area contributed by atoms with Crippen molar-refractivity contribution >= 4 is 11.8 Å². The fraction of sp³-hybridized carbons (Fsp3) is 0.667. The van der Waals surface area contributed by atoms with Gasteiger partial charge in [-0.1, -0.05) is 12.8 Å². The molecule has 0 aliphatic heterocycles. The normalized spacial score (nSPS) is 24.8. The van der Waals surface area contributed by atoms with E-state index in [1.54, 1.807) is 24.2 Å². The summed E-state index contributed by atoms with van der Waals surface area (Å²) in [6, 6.07) is 0.721. The summed E-state index contributed by atoms with van der Waals surface area (Å²) in [4.78, 5) is 8.68. The molecule has 0 unspecified atom stereocenters. The van der Waals surface area contributed by atoms with Crippen molar-refractivity contribution in [1.82, 2.24) is 15.3 Å². The molecule has 1 aliphatic rings. The molecule has 1 aromatic rings. The van der Waals surface area contributed by atoms with Crippen LogP contribution in [0.15, 0.2) is 17.4 Å². The molecule has 1 heterocycles. The lowest BCUT2D eigenvalue weighted by Gasteiger charge is -2.29. The molecule has 1 aliphatic carbocycles. The minimum Gasteiger partial charge on any atom is -0.326 e. The highest BCUT2D eigenvalue weighted by atomic mass is 32.2. The highest BCUT2D eigenvalue weighted by molar-refractivity contribution is 7.98. The van der Waals surface area contributed by atoms with E-state index in [1.807, 2.05) is 6.26 Å². The highest BCUT2D eigenvalue weighted by Gasteiger charge is 2.21. The predicted octanol–water partition coefficient (Wildman–Crippen LogP) is 1.56. The van der Waals surface area contributed by atoms with Crippen LogP contribution in [-0.2, 0) is 6.54 Å². The smallest absolute Gasteiger partial charge is 0.119 e. The van der Waals surface area contributed by atoms with Crippen molar-refractivity contribution in [2.75, 3.05) is 6.26 Å². The number of aromatic nitrogens is 2. The number of thioether (sulfide) groups is 1. The number of nitrogens with one attached hydrogen (secondary N) is 1. The van der Waals surface area contributed by atoms with Gasteiger partial charge in [-0.25, -0.2) is 4.98 Å². The first-order valence-electron chi connectivity index (χ1n) is 6.14. The summed E-state index contributed by atoms with van der Waals surface area (Å²) in [5, 5.41) is 4.53. The van der Waals surface area contributed by atoms with E-state index in [0.29, 0.717) is 6.04 Å². The van der Waals surface area contributed by atoms with Gasteiger partial charge in [0.05, 0.1) is 5.69 Å². The van der Waals surface area contributed by atoms with E-state index in [4.69, 9.17) is 5.73 Å². The third-order valence-corrected chi connectivity index (χ3v) is 4.01. The molecule has 0 bridgehead atoms. The van der Waals surface area contributed by atoms with Gasteiger partial charge in [-0.2, -0.15) is 0 Å². The van der Waals surface area contributed by atoms with Crippen LogP contribution in [0.1, 0.15) is 31.4 Å². The van der Waals surface area contributed by atoms with Gasteiger partial charge in [-0.05, 0) is 19.1 Å². The molecule has 0 amide bonds. The first kappa shape index (κ1) is 12.8. The van der Waals surface area contributed by atoms with Crippen molar-refractivity contribution in [1.29, 1.82) is 0 Å². The Morgan fingerprint density at radius 3 is 2.88 bits per heavy atom. The Bertz CT molecular complexity index is 358. The van der Waals surface area contributed by atoms with Gasteiger partial charge in [-0.15, -0.1) is 11.8 Å². The number of rotatable bonds is 4. The Labute approximate surface area is 107 Å². The molecular formula is C12H20N4S. The summed E-state index contributed by atoms with van der Waals surface area (Å²) in [5.41, 5.74) is 7.14. The zero-order chi connectivity index (χ0) is 12.1. The van der Waals surface area contributed by atoms with Crippen LogP contribution in [0.4, 0.5) is 0 Å². The summed E-state index contributed by atoms with van der Waals surface area (Å²) in [6.45, 7) is 0.766. The molecule has 17 heavy (non-hydrogen) atoms. The fourth-order valence-electron chi connectivity index (χ4n) is 2.29. The van der Waals surface area contributed by atoms with Gasteiger partial charge in [0, 0.05) is 31.0 Å². The fourth-order valence-corrected chi connectivity index (χ4v) is 2.81. The third kappa shape index (κ3) is 3.40. The van der Waals surface area contributed by atoms with E-state index in [1.165, 1.54) is 19.3 Å². The van der Waals surface area contributed by atoms with Crippen LogP contribution in [-0.4, -0.2) is 28.3 Å². The van der Waals surface area contributed by atoms with Crippen LogP contribution < -0.4 is 11.1 Å². The maximum absolute atomic E-state index is 6.11. The van der Waals surface area contributed by atoms with Gasteiger partial charge >= 0.3 is 0 Å². The first-order chi connectivity index (χ1) is 8.31. The van der Waals surface area contributed by atoms with Gasteiger partial charge in [0.1, 0.15) is 5.03 Å². The maximum atomic E-state index is 6.11. The quantitative estimate of drug-likeness (QED) is 0.796. The van der Waals surface area contributed by atoms with E-state index in [0.717, 1.165) is 23.7 Å². The summed E-state index contributed by atoms with van der Waals surface area (Å²) in [5.74, 6) is 0. The molecule has 3 N–H and O–H groups in total. The molecular weight excluding hydrogens is 232 g/mol. The SMILES string of the molecule is CSc1nccnc1CN[C@H]1CCCC[C@@H]1N. The van der Waals surface area contributed by atoms with Crippen LogP contribution in [0.2, 0.25) is 0 Å². The number of nitrogens with zero attached hydrogens (tertiary/aromatic N) is 2. The lowest BCUT2D eigenvalue weighted by atomic mass is 9.91. The molecule has 4 nitrogen and oxygen atoms in total. The number of hydrogen-bond donors (Lipinski definition) is 2. The summed E-state index contributed by atoms with van der Waals surface area (Å²) < 4.78 is 0. The van der Waals surface area contributed by atoms with Crippen LogP contribution >= 0.6 is 11.8 Å². The molecule has 2 atom stereocenters. The lowest BCUT2D eigenvalue weighted by Crippen LogP contribution is -2.46. The van der Waals surface area contributed by atoms with E-state index >= 15 is 0 Å². The Kier molecular flexibility index (Phi) is 4.76. The molecule has 1 fully saturated rings. The first-order valence-corrected chi connectivity index (χ1v) is 7.36. The average molecular weight is 252 g/mol. The van der Waals surface area contributed by atoms with Crippen molar-refractivity contribution in [3.63, 3.8) is 0 Å². The molecule has 2 rings (SSSR count). The topological polar surface area (TPSA) is 63.8 Å². The van der Waals surface area contributed by atoms with Crippen LogP contribution in [0.5, 0.6) is 0 Å². The molecule has 1 aromatic heterocycles. The van der Waals surface area contributed by atoms with Crippen molar-refractivity contribution in [3.05, 3.63) is 18.1 Å². The van der Waals surface area contributed by atoms with Gasteiger partial charge < -0.3 is 11.1 Å². The van der Waals surface area contributed by atoms with E-state index in [-0.39, 0.29) is 6.04 Å².